The molecule has 0 aromatic rings. The lowest BCUT2D eigenvalue weighted by molar-refractivity contribution is 0.124. The summed E-state index contributed by atoms with van der Waals surface area (Å²) in [5.74, 6) is 0.783. The predicted molar refractivity (Wildman–Crippen MR) is 64.6 cm³/mol. The molecule has 1 nitrogen and oxygen atoms in total. The SMILES string of the molecule is CNPCC(C(C)(C)C)C(C)(C)C. The first-order valence-corrected chi connectivity index (χ1v) is 6.30. The van der Waals surface area contributed by atoms with E-state index < -0.39 is 0 Å². The summed E-state index contributed by atoms with van der Waals surface area (Å²) >= 11 is 0. The third-order valence-electron chi connectivity index (χ3n) is 2.57. The molecule has 1 atom stereocenters. The molecular weight excluding hydrogens is 177 g/mol. The van der Waals surface area contributed by atoms with E-state index in [0.717, 1.165) is 14.6 Å². The standard InChI is InChI=1S/C11H26NP/c1-10(2,3)9(8-13-12-7)11(4,5)6/h9,12-13H,8H2,1-7H3. The maximum atomic E-state index is 3.27. The van der Waals surface area contributed by atoms with Crippen LogP contribution in [0.25, 0.3) is 0 Å². The summed E-state index contributed by atoms with van der Waals surface area (Å²) < 4.78 is 0. The molecule has 0 rings (SSSR count). The Bertz CT molecular complexity index is 127. The Hall–Kier alpha value is 0.390. The molecule has 0 aromatic heterocycles. The van der Waals surface area contributed by atoms with Gasteiger partial charge in [-0.15, -0.1) is 0 Å². The molecule has 0 saturated carbocycles. The summed E-state index contributed by atoms with van der Waals surface area (Å²) in [5.41, 5.74) is 0.837. The third kappa shape index (κ3) is 4.98. The zero-order valence-electron chi connectivity index (χ0n) is 10.3. The monoisotopic (exact) mass is 203 g/mol. The Kier molecular flexibility index (Phi) is 4.90. The molecule has 0 aromatic carbocycles. The second kappa shape index (κ2) is 4.75. The lowest BCUT2D eigenvalue weighted by Gasteiger charge is -2.40. The highest BCUT2D eigenvalue weighted by molar-refractivity contribution is 7.35. The fourth-order valence-corrected chi connectivity index (χ4v) is 3.75. The topological polar surface area (TPSA) is 12.0 Å². The molecule has 80 valence electrons. The molecular formula is C11H26NP. The Morgan fingerprint density at radius 2 is 1.38 bits per heavy atom. The average Bonchev–Trinajstić information content (AvgIpc) is 1.81. The van der Waals surface area contributed by atoms with E-state index in [1.807, 2.05) is 7.05 Å². The van der Waals surface area contributed by atoms with Crippen molar-refractivity contribution in [3.63, 3.8) is 0 Å². The van der Waals surface area contributed by atoms with Crippen LogP contribution in [0.1, 0.15) is 41.5 Å². The van der Waals surface area contributed by atoms with Crippen molar-refractivity contribution in [3.8, 4) is 0 Å². The summed E-state index contributed by atoms with van der Waals surface area (Å²) in [6, 6.07) is 0. The molecule has 0 amide bonds. The summed E-state index contributed by atoms with van der Waals surface area (Å²) in [6.07, 6.45) is 1.30. The van der Waals surface area contributed by atoms with Crippen molar-refractivity contribution < 1.29 is 0 Å². The van der Waals surface area contributed by atoms with E-state index in [9.17, 15) is 0 Å². The first-order valence-electron chi connectivity index (χ1n) is 5.09. The van der Waals surface area contributed by atoms with Crippen LogP contribution < -0.4 is 5.09 Å². The second-order valence-corrected chi connectivity index (χ2v) is 7.18. The van der Waals surface area contributed by atoms with Gasteiger partial charge in [-0.25, -0.2) is 0 Å². The smallest absolute Gasteiger partial charge is 0.0127 e. The lowest BCUT2D eigenvalue weighted by Crippen LogP contribution is -2.34. The summed E-state index contributed by atoms with van der Waals surface area (Å²) in [6.45, 7) is 14.1. The van der Waals surface area contributed by atoms with Gasteiger partial charge in [-0.3, -0.25) is 0 Å². The molecule has 0 radical (unpaired) electrons. The van der Waals surface area contributed by atoms with E-state index in [0.29, 0.717) is 10.8 Å². The van der Waals surface area contributed by atoms with Gasteiger partial charge in [0, 0.05) is 0 Å². The highest BCUT2D eigenvalue weighted by Crippen LogP contribution is 2.42. The van der Waals surface area contributed by atoms with Crippen molar-refractivity contribution in [2.24, 2.45) is 16.7 Å². The molecule has 0 aliphatic rings. The third-order valence-corrected chi connectivity index (χ3v) is 3.54. The normalized spacial score (nSPS) is 14.8. The van der Waals surface area contributed by atoms with Gasteiger partial charge in [0.15, 0.2) is 0 Å². The van der Waals surface area contributed by atoms with Crippen LogP contribution in [0.2, 0.25) is 0 Å². The van der Waals surface area contributed by atoms with Crippen LogP contribution in [0.3, 0.4) is 0 Å². The molecule has 0 heterocycles. The highest BCUT2D eigenvalue weighted by Gasteiger charge is 2.33. The van der Waals surface area contributed by atoms with Gasteiger partial charge in [-0.1, -0.05) is 50.3 Å². The quantitative estimate of drug-likeness (QED) is 0.692. The van der Waals surface area contributed by atoms with Gasteiger partial charge in [-0.05, 0) is 30.0 Å². The van der Waals surface area contributed by atoms with Crippen LogP contribution in [0.5, 0.6) is 0 Å². The van der Waals surface area contributed by atoms with Gasteiger partial charge < -0.3 is 5.09 Å². The minimum atomic E-state index is 0.419. The van der Waals surface area contributed by atoms with E-state index in [-0.39, 0.29) is 0 Å². The van der Waals surface area contributed by atoms with Crippen LogP contribution in [-0.4, -0.2) is 13.2 Å². The molecule has 0 bridgehead atoms. The van der Waals surface area contributed by atoms with E-state index in [1.54, 1.807) is 0 Å². The van der Waals surface area contributed by atoms with Crippen molar-refractivity contribution >= 4 is 8.73 Å². The summed E-state index contributed by atoms with van der Waals surface area (Å²) in [5, 5.41) is 3.27. The fraction of sp³-hybridized carbons (Fsp3) is 1.00. The van der Waals surface area contributed by atoms with E-state index in [1.165, 1.54) is 6.16 Å². The first-order chi connectivity index (χ1) is 5.69. The first kappa shape index (κ1) is 13.4. The number of rotatable bonds is 3. The van der Waals surface area contributed by atoms with Gasteiger partial charge >= 0.3 is 0 Å². The number of hydrogen-bond acceptors (Lipinski definition) is 1. The van der Waals surface area contributed by atoms with Crippen molar-refractivity contribution in [1.82, 2.24) is 5.09 Å². The minimum absolute atomic E-state index is 0.419. The highest BCUT2D eigenvalue weighted by atomic mass is 31.1. The second-order valence-electron chi connectivity index (χ2n) is 5.92. The molecule has 1 N–H and O–H groups in total. The maximum Gasteiger partial charge on any atom is -0.0127 e. The lowest BCUT2D eigenvalue weighted by atomic mass is 9.68. The Morgan fingerprint density at radius 3 is 1.62 bits per heavy atom. The van der Waals surface area contributed by atoms with E-state index in [2.05, 4.69) is 46.6 Å². The predicted octanol–water partition coefficient (Wildman–Crippen LogP) is 3.51. The van der Waals surface area contributed by atoms with Crippen molar-refractivity contribution in [1.29, 1.82) is 0 Å². The molecule has 1 unspecified atom stereocenters. The van der Waals surface area contributed by atoms with Gasteiger partial charge in [0.1, 0.15) is 0 Å². The molecule has 0 aliphatic heterocycles. The van der Waals surface area contributed by atoms with Gasteiger partial charge in [0.2, 0.25) is 0 Å². The van der Waals surface area contributed by atoms with Gasteiger partial charge in [0.05, 0.1) is 0 Å². The average molecular weight is 203 g/mol. The Morgan fingerprint density at radius 1 is 1.00 bits per heavy atom. The van der Waals surface area contributed by atoms with Gasteiger partial charge in [-0.2, -0.15) is 0 Å². The molecule has 0 aliphatic carbocycles. The minimum Gasteiger partial charge on any atom is -0.301 e. The van der Waals surface area contributed by atoms with Crippen LogP contribution in [0.4, 0.5) is 0 Å². The van der Waals surface area contributed by atoms with Crippen LogP contribution in [0, 0.1) is 16.7 Å². The maximum absolute atomic E-state index is 3.27. The summed E-state index contributed by atoms with van der Waals surface area (Å²) in [4.78, 5) is 0. The number of hydrogen-bond donors (Lipinski definition) is 1. The zero-order valence-corrected chi connectivity index (χ0v) is 11.3. The Labute approximate surface area is 85.9 Å². The Balaban J connectivity index is 4.39. The molecule has 2 heteroatoms. The van der Waals surface area contributed by atoms with E-state index in [4.69, 9.17) is 0 Å². The van der Waals surface area contributed by atoms with Crippen molar-refractivity contribution in [3.05, 3.63) is 0 Å². The molecule has 13 heavy (non-hydrogen) atoms. The van der Waals surface area contributed by atoms with Crippen LogP contribution in [0.15, 0.2) is 0 Å². The fourth-order valence-electron chi connectivity index (χ4n) is 2.12. The summed E-state index contributed by atoms with van der Waals surface area (Å²) in [7, 11) is 2.93. The van der Waals surface area contributed by atoms with Crippen LogP contribution >= 0.6 is 8.73 Å². The van der Waals surface area contributed by atoms with Crippen molar-refractivity contribution in [2.45, 2.75) is 41.5 Å². The van der Waals surface area contributed by atoms with Gasteiger partial charge in [0.25, 0.3) is 0 Å². The van der Waals surface area contributed by atoms with Crippen molar-refractivity contribution in [2.75, 3.05) is 13.2 Å². The van der Waals surface area contributed by atoms with E-state index >= 15 is 0 Å². The number of nitrogens with one attached hydrogen (secondary N) is 1. The molecule has 0 fully saturated rings. The molecule has 0 saturated heterocycles. The molecule has 0 spiro atoms. The zero-order chi connectivity index (χ0) is 10.7. The largest absolute Gasteiger partial charge is 0.301 e. The van der Waals surface area contributed by atoms with Crippen LogP contribution in [-0.2, 0) is 0 Å².